The van der Waals surface area contributed by atoms with Crippen LogP contribution in [0.4, 0.5) is 0 Å². The Morgan fingerprint density at radius 2 is 1.42 bits per heavy atom. The summed E-state index contributed by atoms with van der Waals surface area (Å²) in [6.07, 6.45) is 4.56. The summed E-state index contributed by atoms with van der Waals surface area (Å²) in [5, 5.41) is -1.20. The zero-order valence-corrected chi connectivity index (χ0v) is 13.2. The van der Waals surface area contributed by atoms with Crippen LogP contribution < -0.4 is 0 Å². The van der Waals surface area contributed by atoms with Crippen molar-refractivity contribution < 1.29 is 16.8 Å². The fraction of sp³-hybridized carbons (Fsp3) is 1.00. The molecular weight excluding hydrogens is 286 g/mol. The molecule has 1 aliphatic carbocycles. The van der Waals surface area contributed by atoms with Crippen LogP contribution in [0.2, 0.25) is 0 Å². The Labute approximate surface area is 116 Å². The molecule has 0 amide bonds. The largest absolute Gasteiger partial charge is 0.228 e. The first-order chi connectivity index (χ1) is 8.76. The lowest BCUT2D eigenvalue weighted by Gasteiger charge is -2.40. The molecule has 0 spiro atoms. The van der Waals surface area contributed by atoms with E-state index in [0.29, 0.717) is 0 Å². The van der Waals surface area contributed by atoms with E-state index in [-0.39, 0.29) is 18.3 Å². The summed E-state index contributed by atoms with van der Waals surface area (Å²) in [4.78, 5) is 0. The maximum Gasteiger partial charge on any atom is 0.216 e. The molecule has 1 saturated heterocycles. The Balaban J connectivity index is 2.00. The summed E-state index contributed by atoms with van der Waals surface area (Å²) >= 11 is 0. The van der Waals surface area contributed by atoms with E-state index < -0.39 is 30.4 Å². The zero-order chi connectivity index (χ0) is 14.3. The zero-order valence-electron chi connectivity index (χ0n) is 11.6. The molecule has 1 saturated carbocycles. The fourth-order valence-corrected chi connectivity index (χ4v) is 6.65. The quantitative estimate of drug-likeness (QED) is 0.781. The van der Waals surface area contributed by atoms with Crippen molar-refractivity contribution in [3.63, 3.8) is 0 Å². The van der Waals surface area contributed by atoms with Crippen molar-refractivity contribution in [2.75, 3.05) is 13.1 Å². The maximum absolute atomic E-state index is 12.4. The van der Waals surface area contributed by atoms with Crippen molar-refractivity contribution in [2.24, 2.45) is 0 Å². The third-order valence-electron chi connectivity index (χ3n) is 4.25. The van der Waals surface area contributed by atoms with Gasteiger partial charge in [0.2, 0.25) is 10.0 Å². The van der Waals surface area contributed by atoms with Crippen LogP contribution >= 0.6 is 0 Å². The Hall–Kier alpha value is -0.140. The van der Waals surface area contributed by atoms with Crippen LogP contribution in [-0.2, 0) is 19.9 Å². The Morgan fingerprint density at radius 1 is 0.895 bits per heavy atom. The van der Waals surface area contributed by atoms with Crippen molar-refractivity contribution in [2.45, 2.75) is 61.7 Å². The Morgan fingerprint density at radius 3 is 1.89 bits per heavy atom. The molecule has 0 radical (unpaired) electrons. The number of nitrogens with zero attached hydrogens (tertiary/aromatic N) is 1. The van der Waals surface area contributed by atoms with Gasteiger partial charge in [-0.15, -0.1) is 0 Å². The predicted octanol–water partition coefficient (Wildman–Crippen LogP) is 1.16. The molecule has 112 valence electrons. The SMILES string of the molecule is CC(C)S(=O)(=O)N1CC(S(=O)(=O)C2CCCCC2)C1. The third kappa shape index (κ3) is 2.83. The Kier molecular flexibility index (Phi) is 4.28. The van der Waals surface area contributed by atoms with Crippen LogP contribution in [0.15, 0.2) is 0 Å². The van der Waals surface area contributed by atoms with Gasteiger partial charge in [0, 0.05) is 13.1 Å². The van der Waals surface area contributed by atoms with Crippen LogP contribution in [0.5, 0.6) is 0 Å². The van der Waals surface area contributed by atoms with Crippen LogP contribution in [0.3, 0.4) is 0 Å². The van der Waals surface area contributed by atoms with Gasteiger partial charge in [-0.05, 0) is 26.7 Å². The monoisotopic (exact) mass is 309 g/mol. The molecule has 5 nitrogen and oxygen atoms in total. The molecule has 2 fully saturated rings. The van der Waals surface area contributed by atoms with Crippen LogP contribution in [0.25, 0.3) is 0 Å². The van der Waals surface area contributed by atoms with E-state index in [1.165, 1.54) is 4.31 Å². The van der Waals surface area contributed by atoms with Gasteiger partial charge in [-0.3, -0.25) is 0 Å². The molecule has 19 heavy (non-hydrogen) atoms. The highest BCUT2D eigenvalue weighted by atomic mass is 32.2. The average Bonchev–Trinajstić information content (AvgIpc) is 2.27. The van der Waals surface area contributed by atoms with E-state index >= 15 is 0 Å². The molecule has 0 aromatic heterocycles. The van der Waals surface area contributed by atoms with E-state index in [2.05, 4.69) is 0 Å². The predicted molar refractivity (Wildman–Crippen MR) is 75.2 cm³/mol. The van der Waals surface area contributed by atoms with E-state index in [1.54, 1.807) is 13.8 Å². The minimum atomic E-state index is -3.30. The number of sulfonamides is 1. The van der Waals surface area contributed by atoms with Gasteiger partial charge >= 0.3 is 0 Å². The second kappa shape index (κ2) is 5.33. The number of hydrogen-bond acceptors (Lipinski definition) is 4. The van der Waals surface area contributed by atoms with Gasteiger partial charge in [0.25, 0.3) is 0 Å². The molecule has 2 rings (SSSR count). The van der Waals surface area contributed by atoms with E-state index in [9.17, 15) is 16.8 Å². The first-order valence-corrected chi connectivity index (χ1v) is 10.1. The van der Waals surface area contributed by atoms with Gasteiger partial charge in [-0.2, -0.15) is 4.31 Å². The van der Waals surface area contributed by atoms with Gasteiger partial charge in [-0.25, -0.2) is 16.8 Å². The lowest BCUT2D eigenvalue weighted by molar-refractivity contribution is 0.303. The first-order valence-electron chi connectivity index (χ1n) is 6.98. The molecule has 1 heterocycles. The van der Waals surface area contributed by atoms with E-state index in [1.807, 2.05) is 0 Å². The smallest absolute Gasteiger partial charge is 0.216 e. The minimum Gasteiger partial charge on any atom is -0.228 e. The maximum atomic E-state index is 12.4. The fourth-order valence-electron chi connectivity index (χ4n) is 2.78. The molecule has 0 unspecified atom stereocenters. The van der Waals surface area contributed by atoms with Crippen LogP contribution in [0.1, 0.15) is 46.0 Å². The highest BCUT2D eigenvalue weighted by molar-refractivity contribution is 7.93. The summed E-state index contributed by atoms with van der Waals surface area (Å²) < 4.78 is 49.9. The topological polar surface area (TPSA) is 71.5 Å². The van der Waals surface area contributed by atoms with E-state index in [4.69, 9.17) is 0 Å². The minimum absolute atomic E-state index is 0.152. The van der Waals surface area contributed by atoms with Gasteiger partial charge < -0.3 is 0 Å². The van der Waals surface area contributed by atoms with Crippen molar-refractivity contribution in [3.05, 3.63) is 0 Å². The molecule has 0 aromatic carbocycles. The summed E-state index contributed by atoms with van der Waals surface area (Å²) in [6.45, 7) is 3.55. The second-order valence-electron chi connectivity index (χ2n) is 5.88. The number of sulfone groups is 1. The number of hydrogen-bond donors (Lipinski definition) is 0. The molecule has 0 atom stereocenters. The van der Waals surface area contributed by atoms with Crippen molar-refractivity contribution in [1.29, 1.82) is 0 Å². The highest BCUT2D eigenvalue weighted by Crippen LogP contribution is 2.31. The summed E-state index contributed by atoms with van der Waals surface area (Å²) in [7, 11) is -6.45. The highest BCUT2D eigenvalue weighted by Gasteiger charge is 2.46. The normalized spacial score (nSPS) is 24.6. The molecule has 0 aromatic rings. The standard InChI is InChI=1S/C12H23NO4S2/c1-10(2)19(16,17)13-8-12(9-13)18(14,15)11-6-4-3-5-7-11/h10-12H,3-9H2,1-2H3. The summed E-state index contributed by atoms with van der Waals surface area (Å²) in [5.74, 6) is 0. The molecule has 1 aliphatic heterocycles. The number of rotatable bonds is 4. The first kappa shape index (κ1) is 15.3. The third-order valence-corrected chi connectivity index (χ3v) is 9.09. The van der Waals surface area contributed by atoms with E-state index in [0.717, 1.165) is 32.1 Å². The van der Waals surface area contributed by atoms with Gasteiger partial charge in [0.1, 0.15) is 0 Å². The molecule has 7 heteroatoms. The lowest BCUT2D eigenvalue weighted by atomic mass is 10.0. The lowest BCUT2D eigenvalue weighted by Crippen LogP contribution is -2.59. The van der Waals surface area contributed by atoms with Crippen LogP contribution in [-0.4, -0.2) is 50.0 Å². The summed E-state index contributed by atoms with van der Waals surface area (Å²) in [5.41, 5.74) is 0. The van der Waals surface area contributed by atoms with Crippen molar-refractivity contribution in [1.82, 2.24) is 4.31 Å². The molecule has 0 N–H and O–H groups in total. The second-order valence-corrected chi connectivity index (χ2v) is 10.9. The molecule has 0 bridgehead atoms. The van der Waals surface area contributed by atoms with Gasteiger partial charge in [0.05, 0.1) is 15.7 Å². The van der Waals surface area contributed by atoms with Gasteiger partial charge in [0.15, 0.2) is 9.84 Å². The van der Waals surface area contributed by atoms with Crippen molar-refractivity contribution >= 4 is 19.9 Å². The summed E-state index contributed by atoms with van der Waals surface area (Å²) in [6, 6.07) is 0. The Bertz CT molecular complexity index is 512. The average molecular weight is 309 g/mol. The van der Waals surface area contributed by atoms with Crippen molar-refractivity contribution in [3.8, 4) is 0 Å². The van der Waals surface area contributed by atoms with Gasteiger partial charge in [-0.1, -0.05) is 19.3 Å². The molecular formula is C12H23NO4S2. The van der Waals surface area contributed by atoms with Crippen LogP contribution in [0, 0.1) is 0 Å². The molecule has 2 aliphatic rings.